The smallest absolute Gasteiger partial charge is 0.221 e. The van der Waals surface area contributed by atoms with Gasteiger partial charge in [-0.25, -0.2) is 0 Å². The second-order valence-electron chi connectivity index (χ2n) is 5.61. The van der Waals surface area contributed by atoms with E-state index in [0.29, 0.717) is 12.3 Å². The summed E-state index contributed by atoms with van der Waals surface area (Å²) in [5, 5.41) is 2.99. The van der Waals surface area contributed by atoms with Crippen molar-refractivity contribution >= 4 is 5.91 Å². The highest BCUT2D eigenvalue weighted by atomic mass is 16.5. The molecule has 0 bridgehead atoms. The molecule has 98 valence electrons. The van der Waals surface area contributed by atoms with Gasteiger partial charge in [-0.1, -0.05) is 12.8 Å². The fourth-order valence-electron chi connectivity index (χ4n) is 2.86. The standard InChI is InChI=1S/C13H24N2O2/c14-13(5-1-2-6-13)9-12(16)15-7-3-11-4-8-17-10-11/h11H,1-10,14H2,(H,15,16). The van der Waals surface area contributed by atoms with Crippen LogP contribution in [0.1, 0.15) is 44.9 Å². The lowest BCUT2D eigenvalue weighted by molar-refractivity contribution is -0.122. The van der Waals surface area contributed by atoms with E-state index in [9.17, 15) is 4.79 Å². The van der Waals surface area contributed by atoms with Crippen molar-refractivity contribution in [2.45, 2.75) is 50.5 Å². The summed E-state index contributed by atoms with van der Waals surface area (Å²) in [4.78, 5) is 11.8. The van der Waals surface area contributed by atoms with E-state index in [2.05, 4.69) is 5.32 Å². The van der Waals surface area contributed by atoms with E-state index in [1.54, 1.807) is 0 Å². The Morgan fingerprint density at radius 1 is 1.41 bits per heavy atom. The molecule has 1 saturated heterocycles. The fourth-order valence-corrected chi connectivity index (χ4v) is 2.86. The first-order valence-electron chi connectivity index (χ1n) is 6.81. The molecular weight excluding hydrogens is 216 g/mol. The molecule has 1 unspecified atom stereocenters. The molecule has 1 atom stereocenters. The van der Waals surface area contributed by atoms with Gasteiger partial charge in [0.25, 0.3) is 0 Å². The Bertz CT molecular complexity index is 256. The molecule has 0 aromatic carbocycles. The molecule has 2 fully saturated rings. The number of carbonyl (C=O) groups is 1. The van der Waals surface area contributed by atoms with Crippen LogP contribution in [-0.4, -0.2) is 31.2 Å². The largest absolute Gasteiger partial charge is 0.381 e. The van der Waals surface area contributed by atoms with Crippen molar-refractivity contribution in [3.63, 3.8) is 0 Å². The van der Waals surface area contributed by atoms with E-state index in [1.165, 1.54) is 12.8 Å². The molecule has 2 rings (SSSR count). The summed E-state index contributed by atoms with van der Waals surface area (Å²) in [5.41, 5.74) is 5.95. The van der Waals surface area contributed by atoms with E-state index in [1.807, 2.05) is 0 Å². The Kier molecular flexibility index (Phi) is 4.40. The summed E-state index contributed by atoms with van der Waals surface area (Å²) < 4.78 is 5.31. The SMILES string of the molecule is NC1(CC(=O)NCCC2CCOC2)CCCC1. The number of nitrogens with two attached hydrogens (primary N) is 1. The van der Waals surface area contributed by atoms with Gasteiger partial charge in [-0.05, 0) is 31.6 Å². The van der Waals surface area contributed by atoms with Crippen LogP contribution in [0.4, 0.5) is 0 Å². The van der Waals surface area contributed by atoms with E-state index >= 15 is 0 Å². The average molecular weight is 240 g/mol. The molecule has 1 aliphatic carbocycles. The molecule has 2 aliphatic rings. The summed E-state index contributed by atoms with van der Waals surface area (Å²) in [5.74, 6) is 0.752. The Hall–Kier alpha value is -0.610. The summed E-state index contributed by atoms with van der Waals surface area (Å²) in [7, 11) is 0. The molecule has 1 amide bonds. The third-order valence-electron chi connectivity index (χ3n) is 4.01. The minimum Gasteiger partial charge on any atom is -0.381 e. The fraction of sp³-hybridized carbons (Fsp3) is 0.923. The van der Waals surface area contributed by atoms with Gasteiger partial charge in [-0.15, -0.1) is 0 Å². The van der Waals surface area contributed by atoms with Gasteiger partial charge < -0.3 is 15.8 Å². The van der Waals surface area contributed by atoms with Crippen LogP contribution in [0.5, 0.6) is 0 Å². The van der Waals surface area contributed by atoms with Crippen molar-refractivity contribution in [1.29, 1.82) is 0 Å². The molecule has 1 heterocycles. The van der Waals surface area contributed by atoms with Crippen LogP contribution in [0.3, 0.4) is 0 Å². The van der Waals surface area contributed by atoms with Crippen LogP contribution in [0, 0.1) is 5.92 Å². The zero-order valence-corrected chi connectivity index (χ0v) is 10.5. The summed E-state index contributed by atoms with van der Waals surface area (Å²) in [6.07, 6.45) is 6.99. The van der Waals surface area contributed by atoms with Crippen molar-refractivity contribution in [3.8, 4) is 0 Å². The van der Waals surface area contributed by atoms with Gasteiger partial charge in [-0.3, -0.25) is 4.79 Å². The van der Waals surface area contributed by atoms with Gasteiger partial charge in [0, 0.05) is 31.7 Å². The van der Waals surface area contributed by atoms with Crippen molar-refractivity contribution in [3.05, 3.63) is 0 Å². The zero-order chi connectivity index (χ0) is 12.1. The molecule has 1 saturated carbocycles. The highest BCUT2D eigenvalue weighted by Crippen LogP contribution is 2.29. The normalized spacial score (nSPS) is 27.2. The van der Waals surface area contributed by atoms with Crippen LogP contribution < -0.4 is 11.1 Å². The second kappa shape index (κ2) is 5.83. The molecule has 0 aromatic rings. The molecule has 0 spiro atoms. The van der Waals surface area contributed by atoms with Crippen LogP contribution in [-0.2, 0) is 9.53 Å². The highest BCUT2D eigenvalue weighted by Gasteiger charge is 2.31. The molecule has 0 radical (unpaired) electrons. The van der Waals surface area contributed by atoms with Crippen LogP contribution in [0.25, 0.3) is 0 Å². The number of hydrogen-bond donors (Lipinski definition) is 2. The Morgan fingerprint density at radius 3 is 2.82 bits per heavy atom. The lowest BCUT2D eigenvalue weighted by Crippen LogP contribution is -2.42. The molecule has 3 N–H and O–H groups in total. The lowest BCUT2D eigenvalue weighted by atomic mass is 9.94. The summed E-state index contributed by atoms with van der Waals surface area (Å²) in [6, 6.07) is 0. The Labute approximate surface area is 103 Å². The van der Waals surface area contributed by atoms with Gasteiger partial charge in [0.15, 0.2) is 0 Å². The van der Waals surface area contributed by atoms with Crippen LogP contribution >= 0.6 is 0 Å². The predicted molar refractivity (Wildman–Crippen MR) is 66.6 cm³/mol. The maximum absolute atomic E-state index is 11.8. The van der Waals surface area contributed by atoms with Gasteiger partial charge in [0.05, 0.1) is 0 Å². The molecule has 1 aliphatic heterocycles. The lowest BCUT2D eigenvalue weighted by Gasteiger charge is -2.22. The van der Waals surface area contributed by atoms with E-state index in [0.717, 1.165) is 45.4 Å². The van der Waals surface area contributed by atoms with Crippen molar-refractivity contribution in [2.24, 2.45) is 11.7 Å². The molecule has 4 nitrogen and oxygen atoms in total. The Morgan fingerprint density at radius 2 is 2.18 bits per heavy atom. The minimum absolute atomic E-state index is 0.119. The maximum atomic E-state index is 11.8. The van der Waals surface area contributed by atoms with Gasteiger partial charge in [-0.2, -0.15) is 0 Å². The van der Waals surface area contributed by atoms with Crippen LogP contribution in [0.2, 0.25) is 0 Å². The molecule has 4 heteroatoms. The number of hydrogen-bond acceptors (Lipinski definition) is 3. The molecule has 0 aromatic heterocycles. The third kappa shape index (κ3) is 3.96. The first kappa shape index (κ1) is 12.8. The number of carbonyl (C=O) groups excluding carboxylic acids is 1. The van der Waals surface area contributed by atoms with E-state index in [4.69, 9.17) is 10.5 Å². The quantitative estimate of drug-likeness (QED) is 0.758. The van der Waals surface area contributed by atoms with E-state index < -0.39 is 0 Å². The van der Waals surface area contributed by atoms with Gasteiger partial charge >= 0.3 is 0 Å². The van der Waals surface area contributed by atoms with Crippen molar-refractivity contribution < 1.29 is 9.53 Å². The Balaban J connectivity index is 1.60. The van der Waals surface area contributed by atoms with E-state index in [-0.39, 0.29) is 11.4 Å². The number of rotatable bonds is 5. The predicted octanol–water partition coefficient (Wildman–Crippen LogP) is 1.19. The molecule has 17 heavy (non-hydrogen) atoms. The van der Waals surface area contributed by atoms with Gasteiger partial charge in [0.2, 0.25) is 5.91 Å². The highest BCUT2D eigenvalue weighted by molar-refractivity contribution is 5.77. The monoisotopic (exact) mass is 240 g/mol. The van der Waals surface area contributed by atoms with Gasteiger partial charge in [0.1, 0.15) is 0 Å². The van der Waals surface area contributed by atoms with Crippen molar-refractivity contribution in [1.82, 2.24) is 5.32 Å². The maximum Gasteiger partial charge on any atom is 0.221 e. The zero-order valence-electron chi connectivity index (χ0n) is 10.5. The first-order valence-corrected chi connectivity index (χ1v) is 6.81. The topological polar surface area (TPSA) is 64.4 Å². The van der Waals surface area contributed by atoms with Crippen LogP contribution in [0.15, 0.2) is 0 Å². The average Bonchev–Trinajstić information content (AvgIpc) is 2.90. The summed E-state index contributed by atoms with van der Waals surface area (Å²) >= 11 is 0. The number of ether oxygens (including phenoxy) is 1. The third-order valence-corrected chi connectivity index (χ3v) is 4.01. The van der Waals surface area contributed by atoms with Crippen molar-refractivity contribution in [2.75, 3.05) is 19.8 Å². The first-order chi connectivity index (χ1) is 8.18. The molecular formula is C13H24N2O2. The minimum atomic E-state index is -0.222. The summed E-state index contributed by atoms with van der Waals surface area (Å²) in [6.45, 7) is 2.50. The number of amides is 1. The second-order valence-corrected chi connectivity index (χ2v) is 5.61. The number of nitrogens with one attached hydrogen (secondary N) is 1.